The van der Waals surface area contributed by atoms with E-state index in [1.807, 2.05) is 18.8 Å². The molecule has 1 aromatic rings. The van der Waals surface area contributed by atoms with E-state index in [2.05, 4.69) is 48.4 Å². The van der Waals surface area contributed by atoms with E-state index in [0.717, 1.165) is 37.1 Å². The molecule has 5 nitrogen and oxygen atoms in total. The summed E-state index contributed by atoms with van der Waals surface area (Å²) in [6, 6.07) is 0. The quantitative estimate of drug-likeness (QED) is 0.441. The van der Waals surface area contributed by atoms with Crippen molar-refractivity contribution >= 4 is 5.96 Å². The van der Waals surface area contributed by atoms with Gasteiger partial charge in [-0.2, -0.15) is 5.10 Å². The number of aromatic nitrogens is 2. The first kappa shape index (κ1) is 18.5. The lowest BCUT2D eigenvalue weighted by atomic mass is 10.1. The Morgan fingerprint density at radius 3 is 2.41 bits per heavy atom. The first-order valence-electron chi connectivity index (χ1n) is 8.39. The van der Waals surface area contributed by atoms with Gasteiger partial charge in [0.2, 0.25) is 0 Å². The highest BCUT2D eigenvalue weighted by atomic mass is 15.3. The normalized spacial score (nSPS) is 12.0. The predicted molar refractivity (Wildman–Crippen MR) is 94.4 cm³/mol. The Labute approximate surface area is 135 Å². The first-order chi connectivity index (χ1) is 10.5. The average molecular weight is 307 g/mol. The van der Waals surface area contributed by atoms with Gasteiger partial charge in [-0.15, -0.1) is 0 Å². The van der Waals surface area contributed by atoms with E-state index in [-0.39, 0.29) is 0 Å². The second-order valence-corrected chi connectivity index (χ2v) is 6.34. The lowest BCUT2D eigenvalue weighted by Crippen LogP contribution is -2.38. The van der Waals surface area contributed by atoms with Crippen molar-refractivity contribution in [1.82, 2.24) is 20.4 Å². The van der Waals surface area contributed by atoms with E-state index < -0.39 is 0 Å². The molecule has 0 atom stereocenters. The van der Waals surface area contributed by atoms with E-state index in [9.17, 15) is 0 Å². The smallest absolute Gasteiger partial charge is 0.190 e. The van der Waals surface area contributed by atoms with Crippen LogP contribution in [0.2, 0.25) is 0 Å². The molecule has 0 radical (unpaired) electrons. The Morgan fingerprint density at radius 1 is 1.18 bits per heavy atom. The molecule has 0 aliphatic heterocycles. The summed E-state index contributed by atoms with van der Waals surface area (Å²) in [5.41, 5.74) is 3.71. The van der Waals surface area contributed by atoms with Crippen LogP contribution in [0.1, 0.15) is 50.1 Å². The van der Waals surface area contributed by atoms with Crippen molar-refractivity contribution in [2.24, 2.45) is 18.0 Å². The van der Waals surface area contributed by atoms with E-state index in [4.69, 9.17) is 0 Å². The number of guanidine groups is 1. The number of aliphatic imine (C=N–C) groups is 1. The van der Waals surface area contributed by atoms with Crippen LogP contribution in [0.15, 0.2) is 4.99 Å². The maximum Gasteiger partial charge on any atom is 0.190 e. The van der Waals surface area contributed by atoms with Crippen molar-refractivity contribution in [3.05, 3.63) is 17.0 Å². The van der Waals surface area contributed by atoms with Crippen LogP contribution in [0.5, 0.6) is 0 Å². The van der Waals surface area contributed by atoms with Crippen molar-refractivity contribution in [3.63, 3.8) is 0 Å². The van der Waals surface area contributed by atoms with E-state index in [1.54, 1.807) is 0 Å². The molecule has 0 amide bonds. The molecule has 1 aromatic heterocycles. The summed E-state index contributed by atoms with van der Waals surface area (Å²) in [5.74, 6) is 1.69. The molecule has 22 heavy (non-hydrogen) atoms. The molecule has 0 saturated carbocycles. The monoisotopic (exact) mass is 307 g/mol. The summed E-state index contributed by atoms with van der Waals surface area (Å²) in [6.07, 6.45) is 4.74. The zero-order chi connectivity index (χ0) is 16.5. The third-order valence-electron chi connectivity index (χ3n) is 4.05. The number of nitrogens with zero attached hydrogens (tertiary/aromatic N) is 3. The summed E-state index contributed by atoms with van der Waals surface area (Å²) in [6.45, 7) is 10.6. The highest BCUT2D eigenvalue weighted by Crippen LogP contribution is 2.11. The minimum absolute atomic E-state index is 0.795. The molecule has 0 aliphatic carbocycles. The van der Waals surface area contributed by atoms with Crippen molar-refractivity contribution in [1.29, 1.82) is 0 Å². The van der Waals surface area contributed by atoms with Crippen molar-refractivity contribution < 1.29 is 0 Å². The van der Waals surface area contributed by atoms with Gasteiger partial charge >= 0.3 is 0 Å². The number of hydrogen-bond acceptors (Lipinski definition) is 2. The largest absolute Gasteiger partial charge is 0.356 e. The molecule has 0 fully saturated rings. The zero-order valence-electron chi connectivity index (χ0n) is 15.2. The third kappa shape index (κ3) is 6.08. The maximum atomic E-state index is 4.46. The van der Waals surface area contributed by atoms with Gasteiger partial charge < -0.3 is 10.6 Å². The molecule has 0 unspecified atom stereocenters. The van der Waals surface area contributed by atoms with Gasteiger partial charge in [0.25, 0.3) is 0 Å². The predicted octanol–water partition coefficient (Wildman–Crippen LogP) is 2.57. The highest BCUT2D eigenvalue weighted by Gasteiger charge is 2.08. The number of aryl methyl sites for hydroxylation is 2. The van der Waals surface area contributed by atoms with E-state index in [1.165, 1.54) is 30.5 Å². The van der Waals surface area contributed by atoms with Gasteiger partial charge in [-0.3, -0.25) is 9.67 Å². The van der Waals surface area contributed by atoms with Crippen LogP contribution in [0.4, 0.5) is 0 Å². The van der Waals surface area contributed by atoms with Crippen LogP contribution in [-0.4, -0.2) is 35.9 Å². The minimum atomic E-state index is 0.795. The van der Waals surface area contributed by atoms with Crippen LogP contribution in [0.3, 0.4) is 0 Å². The molecular weight excluding hydrogens is 274 g/mol. The molecule has 1 heterocycles. The second-order valence-electron chi connectivity index (χ2n) is 6.34. The molecule has 5 heteroatoms. The molecule has 126 valence electrons. The van der Waals surface area contributed by atoms with Crippen molar-refractivity contribution in [2.75, 3.05) is 20.1 Å². The molecule has 2 N–H and O–H groups in total. The zero-order valence-corrected chi connectivity index (χ0v) is 15.2. The topological polar surface area (TPSA) is 54.2 Å². The maximum absolute atomic E-state index is 4.46. The standard InChI is InChI=1S/C17H33N5/c1-13(2)9-7-8-11-19-17(18-5)20-12-10-16-14(3)21-22(6)15(16)4/h13H,7-12H2,1-6H3,(H2,18,19,20). The van der Waals surface area contributed by atoms with Crippen molar-refractivity contribution in [3.8, 4) is 0 Å². The lowest BCUT2D eigenvalue weighted by molar-refractivity contribution is 0.534. The number of unbranched alkanes of at least 4 members (excludes halogenated alkanes) is 1. The minimum Gasteiger partial charge on any atom is -0.356 e. The Hall–Kier alpha value is -1.52. The van der Waals surface area contributed by atoms with E-state index >= 15 is 0 Å². The van der Waals surface area contributed by atoms with Crippen LogP contribution >= 0.6 is 0 Å². The molecule has 1 rings (SSSR count). The second kappa shape index (κ2) is 9.49. The fraction of sp³-hybridized carbons (Fsp3) is 0.765. The Kier molecular flexibility index (Phi) is 7.99. The number of rotatable bonds is 8. The van der Waals surface area contributed by atoms with Crippen LogP contribution in [0.25, 0.3) is 0 Å². The summed E-state index contributed by atoms with van der Waals surface area (Å²) < 4.78 is 1.95. The van der Waals surface area contributed by atoms with Gasteiger partial charge in [0.1, 0.15) is 0 Å². The van der Waals surface area contributed by atoms with Crippen LogP contribution in [-0.2, 0) is 13.5 Å². The number of hydrogen-bond donors (Lipinski definition) is 2. The summed E-state index contributed by atoms with van der Waals surface area (Å²) in [4.78, 5) is 4.28. The summed E-state index contributed by atoms with van der Waals surface area (Å²) in [7, 11) is 3.82. The van der Waals surface area contributed by atoms with Gasteiger partial charge in [0.05, 0.1) is 5.69 Å². The number of nitrogens with one attached hydrogen (secondary N) is 2. The summed E-state index contributed by atoms with van der Waals surface area (Å²) >= 11 is 0. The Balaban J connectivity index is 2.27. The highest BCUT2D eigenvalue weighted by molar-refractivity contribution is 5.79. The Morgan fingerprint density at radius 2 is 1.86 bits per heavy atom. The third-order valence-corrected chi connectivity index (χ3v) is 4.05. The first-order valence-corrected chi connectivity index (χ1v) is 8.39. The lowest BCUT2D eigenvalue weighted by Gasteiger charge is -2.12. The van der Waals surface area contributed by atoms with Gasteiger partial charge in [0.15, 0.2) is 5.96 Å². The summed E-state index contributed by atoms with van der Waals surface area (Å²) in [5, 5.41) is 11.2. The van der Waals surface area contributed by atoms with Crippen molar-refractivity contribution in [2.45, 2.75) is 53.4 Å². The van der Waals surface area contributed by atoms with Gasteiger partial charge in [0, 0.05) is 32.9 Å². The fourth-order valence-electron chi connectivity index (χ4n) is 2.59. The average Bonchev–Trinajstić information content (AvgIpc) is 2.70. The van der Waals surface area contributed by atoms with Crippen LogP contribution in [0, 0.1) is 19.8 Å². The van der Waals surface area contributed by atoms with Crippen LogP contribution < -0.4 is 10.6 Å². The molecule has 0 aromatic carbocycles. The van der Waals surface area contributed by atoms with Gasteiger partial charge in [-0.05, 0) is 38.2 Å². The van der Waals surface area contributed by atoms with E-state index in [0.29, 0.717) is 0 Å². The SMILES string of the molecule is CN=C(NCCCCC(C)C)NCCc1c(C)nn(C)c1C. The molecule has 0 saturated heterocycles. The Bertz CT molecular complexity index is 474. The molecular formula is C17H33N5. The molecule has 0 bridgehead atoms. The van der Waals surface area contributed by atoms with Gasteiger partial charge in [-0.1, -0.05) is 26.7 Å². The molecule has 0 spiro atoms. The van der Waals surface area contributed by atoms with Gasteiger partial charge in [-0.25, -0.2) is 0 Å². The molecule has 0 aliphatic rings. The fourth-order valence-corrected chi connectivity index (χ4v) is 2.59.